The number of benzene rings is 2. The summed E-state index contributed by atoms with van der Waals surface area (Å²) in [5.74, 6) is 0.942. The highest BCUT2D eigenvalue weighted by molar-refractivity contribution is 5.91. The van der Waals surface area contributed by atoms with Gasteiger partial charge in [0.15, 0.2) is 0 Å². The average molecular weight is 464 g/mol. The van der Waals surface area contributed by atoms with Gasteiger partial charge >= 0.3 is 0 Å². The number of carbonyl (C=O) groups is 2. The van der Waals surface area contributed by atoms with Gasteiger partial charge in [0.05, 0.1) is 13.5 Å². The molecule has 3 rings (SSSR count). The van der Waals surface area contributed by atoms with Crippen LogP contribution in [0.15, 0.2) is 48.5 Å². The lowest BCUT2D eigenvalue weighted by atomic mass is 10.1. The van der Waals surface area contributed by atoms with Crippen LogP contribution in [0.3, 0.4) is 0 Å². The SMILES string of the molecule is CNC(=O)CCCCCCCNC(=O)Cc1c(C)n(Cc2ccccc2)c2ccc(OC)cc12. The van der Waals surface area contributed by atoms with E-state index in [2.05, 4.69) is 52.5 Å². The number of hydrogen-bond acceptors (Lipinski definition) is 3. The number of rotatable bonds is 13. The van der Waals surface area contributed by atoms with E-state index in [1.165, 1.54) is 5.56 Å². The number of nitrogens with zero attached hydrogens (tertiary/aromatic N) is 1. The van der Waals surface area contributed by atoms with Gasteiger partial charge in [-0.2, -0.15) is 0 Å². The maximum Gasteiger partial charge on any atom is 0.224 e. The molecule has 0 saturated carbocycles. The predicted octanol–water partition coefficient (Wildman–Crippen LogP) is 4.75. The maximum atomic E-state index is 12.8. The van der Waals surface area contributed by atoms with Gasteiger partial charge < -0.3 is 19.9 Å². The maximum absolute atomic E-state index is 12.8. The summed E-state index contributed by atoms with van der Waals surface area (Å²) in [5.41, 5.74) is 4.50. The minimum Gasteiger partial charge on any atom is -0.497 e. The van der Waals surface area contributed by atoms with Gasteiger partial charge in [-0.1, -0.05) is 49.6 Å². The number of unbranched alkanes of at least 4 members (excludes halogenated alkanes) is 4. The Kier molecular flexibility index (Phi) is 9.56. The molecule has 0 aliphatic rings. The number of methoxy groups -OCH3 is 1. The molecule has 2 N–H and O–H groups in total. The lowest BCUT2D eigenvalue weighted by molar-refractivity contribution is -0.121. The number of fused-ring (bicyclic) bond motifs is 1. The van der Waals surface area contributed by atoms with Gasteiger partial charge in [-0.05, 0) is 49.1 Å². The molecule has 0 aliphatic heterocycles. The molecule has 6 heteroatoms. The molecule has 0 fully saturated rings. The van der Waals surface area contributed by atoms with E-state index in [4.69, 9.17) is 4.74 Å². The van der Waals surface area contributed by atoms with Crippen molar-refractivity contribution in [2.45, 2.75) is 58.4 Å². The standard InChI is InChI=1S/C28H37N3O3/c1-21-24(19-28(33)30-17-11-6-4-5-10-14-27(32)29-2)25-18-23(34-3)15-16-26(25)31(21)20-22-12-8-7-9-13-22/h7-9,12-13,15-16,18H,4-6,10-11,14,17,19-20H2,1-3H3,(H,29,32)(H,30,33). The quantitative estimate of drug-likeness (QED) is 0.359. The van der Waals surface area contributed by atoms with E-state index >= 15 is 0 Å². The molecular weight excluding hydrogens is 426 g/mol. The summed E-state index contributed by atoms with van der Waals surface area (Å²) in [5, 5.41) is 6.80. The van der Waals surface area contributed by atoms with Gasteiger partial charge in [-0.25, -0.2) is 0 Å². The van der Waals surface area contributed by atoms with Gasteiger partial charge in [-0.3, -0.25) is 9.59 Å². The van der Waals surface area contributed by atoms with Crippen molar-refractivity contribution in [2.75, 3.05) is 20.7 Å². The second-order valence-corrected chi connectivity index (χ2v) is 8.74. The molecule has 0 saturated heterocycles. The van der Waals surface area contributed by atoms with Crippen molar-refractivity contribution in [1.29, 1.82) is 0 Å². The van der Waals surface area contributed by atoms with Crippen molar-refractivity contribution < 1.29 is 14.3 Å². The minimum absolute atomic E-state index is 0.0456. The average Bonchev–Trinajstić information content (AvgIpc) is 3.11. The first-order chi connectivity index (χ1) is 16.5. The number of ether oxygens (including phenoxy) is 1. The Morgan fingerprint density at radius 2 is 1.68 bits per heavy atom. The molecule has 0 unspecified atom stereocenters. The van der Waals surface area contributed by atoms with Crippen LogP contribution in [0.2, 0.25) is 0 Å². The smallest absolute Gasteiger partial charge is 0.224 e. The fourth-order valence-corrected chi connectivity index (χ4v) is 4.37. The van der Waals surface area contributed by atoms with Crippen LogP contribution in [0.4, 0.5) is 0 Å². The summed E-state index contributed by atoms with van der Waals surface area (Å²) in [6, 6.07) is 16.5. The second kappa shape index (κ2) is 12.8. The number of nitrogens with one attached hydrogen (secondary N) is 2. The molecule has 2 aromatic carbocycles. The molecule has 1 aromatic heterocycles. The van der Waals surface area contributed by atoms with E-state index in [-0.39, 0.29) is 11.8 Å². The third-order valence-electron chi connectivity index (χ3n) is 6.36. The molecule has 0 aliphatic carbocycles. The summed E-state index contributed by atoms with van der Waals surface area (Å²) >= 11 is 0. The Morgan fingerprint density at radius 3 is 2.41 bits per heavy atom. The lowest BCUT2D eigenvalue weighted by Gasteiger charge is -2.09. The molecule has 0 radical (unpaired) electrons. The fraction of sp³-hybridized carbons (Fsp3) is 0.429. The first-order valence-electron chi connectivity index (χ1n) is 12.2. The monoisotopic (exact) mass is 463 g/mol. The Balaban J connectivity index is 1.59. The van der Waals surface area contributed by atoms with Crippen LogP contribution in [-0.4, -0.2) is 37.1 Å². The van der Waals surface area contributed by atoms with Gasteiger partial charge in [-0.15, -0.1) is 0 Å². The zero-order valence-corrected chi connectivity index (χ0v) is 20.7. The molecule has 0 spiro atoms. The molecule has 182 valence electrons. The van der Waals surface area contributed by atoms with E-state index in [1.54, 1.807) is 14.2 Å². The van der Waals surface area contributed by atoms with Crippen LogP contribution >= 0.6 is 0 Å². The first-order valence-corrected chi connectivity index (χ1v) is 12.2. The molecule has 34 heavy (non-hydrogen) atoms. The predicted molar refractivity (Wildman–Crippen MR) is 137 cm³/mol. The van der Waals surface area contributed by atoms with E-state index < -0.39 is 0 Å². The highest BCUT2D eigenvalue weighted by Crippen LogP contribution is 2.30. The van der Waals surface area contributed by atoms with Crippen molar-refractivity contribution in [3.63, 3.8) is 0 Å². The van der Waals surface area contributed by atoms with Crippen LogP contribution in [0.5, 0.6) is 5.75 Å². The Hall–Kier alpha value is -3.28. The number of carbonyl (C=O) groups excluding carboxylic acids is 2. The highest BCUT2D eigenvalue weighted by atomic mass is 16.5. The van der Waals surface area contributed by atoms with Gasteiger partial charge in [0.2, 0.25) is 11.8 Å². The van der Waals surface area contributed by atoms with E-state index in [0.29, 0.717) is 19.4 Å². The van der Waals surface area contributed by atoms with Crippen molar-refractivity contribution in [3.8, 4) is 5.75 Å². The number of aromatic nitrogens is 1. The summed E-state index contributed by atoms with van der Waals surface area (Å²) in [7, 11) is 3.34. The third-order valence-corrected chi connectivity index (χ3v) is 6.36. The number of hydrogen-bond donors (Lipinski definition) is 2. The minimum atomic E-state index is 0.0456. The second-order valence-electron chi connectivity index (χ2n) is 8.74. The molecule has 2 amide bonds. The van der Waals surface area contributed by atoms with Crippen molar-refractivity contribution in [3.05, 3.63) is 65.4 Å². The van der Waals surface area contributed by atoms with Crippen LogP contribution in [-0.2, 0) is 22.6 Å². The molecule has 0 atom stereocenters. The van der Waals surface area contributed by atoms with Crippen molar-refractivity contribution >= 4 is 22.7 Å². The fourth-order valence-electron chi connectivity index (χ4n) is 4.37. The molecule has 6 nitrogen and oxygen atoms in total. The van der Waals surface area contributed by atoms with E-state index in [9.17, 15) is 9.59 Å². The first kappa shape index (κ1) is 25.3. The molecule has 0 bridgehead atoms. The Bertz CT molecular complexity index is 1090. The topological polar surface area (TPSA) is 72.4 Å². The van der Waals surface area contributed by atoms with Gasteiger partial charge in [0.25, 0.3) is 0 Å². The summed E-state index contributed by atoms with van der Waals surface area (Å²) in [6.07, 6.45) is 6.00. The normalized spacial score (nSPS) is 10.9. The Morgan fingerprint density at radius 1 is 0.941 bits per heavy atom. The summed E-state index contributed by atoms with van der Waals surface area (Å²) in [6.45, 7) is 3.53. The number of amides is 2. The molecular formula is C28H37N3O3. The van der Waals surface area contributed by atoms with Crippen LogP contribution in [0, 0.1) is 6.92 Å². The zero-order valence-electron chi connectivity index (χ0n) is 20.7. The van der Waals surface area contributed by atoms with Crippen molar-refractivity contribution in [1.82, 2.24) is 15.2 Å². The van der Waals surface area contributed by atoms with Crippen LogP contribution < -0.4 is 15.4 Å². The van der Waals surface area contributed by atoms with Gasteiger partial charge in [0, 0.05) is 43.2 Å². The van der Waals surface area contributed by atoms with E-state index in [1.807, 2.05) is 18.2 Å². The molecule has 1 heterocycles. The lowest BCUT2D eigenvalue weighted by Crippen LogP contribution is -2.26. The van der Waals surface area contributed by atoms with Crippen molar-refractivity contribution in [2.24, 2.45) is 0 Å². The van der Waals surface area contributed by atoms with E-state index in [0.717, 1.165) is 66.6 Å². The summed E-state index contributed by atoms with van der Waals surface area (Å²) < 4.78 is 7.74. The van der Waals surface area contributed by atoms with Crippen LogP contribution in [0.1, 0.15) is 55.3 Å². The Labute approximate surface area is 202 Å². The largest absolute Gasteiger partial charge is 0.497 e. The summed E-state index contributed by atoms with van der Waals surface area (Å²) in [4.78, 5) is 24.0. The van der Waals surface area contributed by atoms with Crippen LogP contribution in [0.25, 0.3) is 10.9 Å². The zero-order chi connectivity index (χ0) is 24.3. The highest BCUT2D eigenvalue weighted by Gasteiger charge is 2.17. The third kappa shape index (κ3) is 6.86. The molecule has 3 aromatic rings. The van der Waals surface area contributed by atoms with Gasteiger partial charge in [0.1, 0.15) is 5.75 Å².